The standard InChI is InChI=1S/C24H23F3N4O2/c1-2-18-6-5-16(14-28-18)21-13-17(15-29-22(21)31-11-3-4-12-31)23(32)30-19-7-9-20(10-8-19)33-24(25,26)27/h5-10,13-15H,2-4,11-12H2,1H3,(H,30,32). The van der Waals surface area contributed by atoms with Gasteiger partial charge in [0.1, 0.15) is 11.6 Å². The Morgan fingerprint density at radius 1 is 1.06 bits per heavy atom. The van der Waals surface area contributed by atoms with E-state index in [1.165, 1.54) is 18.3 Å². The first-order valence-electron chi connectivity index (χ1n) is 10.7. The second-order valence-electron chi connectivity index (χ2n) is 7.71. The summed E-state index contributed by atoms with van der Waals surface area (Å²) in [6.07, 6.45) is 1.54. The number of rotatable bonds is 6. The zero-order chi connectivity index (χ0) is 23.4. The van der Waals surface area contributed by atoms with Crippen LogP contribution in [0.4, 0.5) is 24.7 Å². The molecule has 1 aromatic carbocycles. The van der Waals surface area contributed by atoms with E-state index in [1.54, 1.807) is 12.3 Å². The molecule has 6 nitrogen and oxygen atoms in total. The number of alkyl halides is 3. The predicted molar refractivity (Wildman–Crippen MR) is 119 cm³/mol. The maximum absolute atomic E-state index is 12.9. The molecular weight excluding hydrogens is 433 g/mol. The number of anilines is 2. The summed E-state index contributed by atoms with van der Waals surface area (Å²) in [4.78, 5) is 24.1. The summed E-state index contributed by atoms with van der Waals surface area (Å²) in [6.45, 7) is 3.84. The van der Waals surface area contributed by atoms with Crippen LogP contribution in [0.25, 0.3) is 11.1 Å². The van der Waals surface area contributed by atoms with E-state index in [9.17, 15) is 18.0 Å². The van der Waals surface area contributed by atoms with Crippen LogP contribution in [-0.2, 0) is 6.42 Å². The average molecular weight is 456 g/mol. The van der Waals surface area contributed by atoms with E-state index in [0.29, 0.717) is 11.3 Å². The monoisotopic (exact) mass is 456 g/mol. The molecule has 1 fully saturated rings. The summed E-state index contributed by atoms with van der Waals surface area (Å²) in [5.74, 6) is 0.0329. The molecule has 1 N–H and O–H groups in total. The van der Waals surface area contributed by atoms with Crippen molar-refractivity contribution in [2.45, 2.75) is 32.5 Å². The zero-order valence-corrected chi connectivity index (χ0v) is 18.0. The number of ether oxygens (including phenoxy) is 1. The van der Waals surface area contributed by atoms with E-state index in [4.69, 9.17) is 0 Å². The Labute approximate surface area is 189 Å². The number of carbonyl (C=O) groups is 1. The molecule has 33 heavy (non-hydrogen) atoms. The van der Waals surface area contributed by atoms with Gasteiger partial charge in [0.05, 0.1) is 5.56 Å². The smallest absolute Gasteiger partial charge is 0.406 e. The molecule has 0 spiro atoms. The summed E-state index contributed by atoms with van der Waals surface area (Å²) >= 11 is 0. The quantitative estimate of drug-likeness (QED) is 0.534. The van der Waals surface area contributed by atoms with Gasteiger partial charge in [0.15, 0.2) is 0 Å². The molecule has 2 aromatic heterocycles. The first-order valence-corrected chi connectivity index (χ1v) is 10.7. The lowest BCUT2D eigenvalue weighted by molar-refractivity contribution is -0.274. The van der Waals surface area contributed by atoms with E-state index in [1.807, 2.05) is 19.1 Å². The molecule has 0 atom stereocenters. The van der Waals surface area contributed by atoms with Crippen molar-refractivity contribution in [2.75, 3.05) is 23.3 Å². The first kappa shape index (κ1) is 22.6. The predicted octanol–water partition coefficient (Wildman–Crippen LogP) is 5.46. The molecule has 3 heterocycles. The molecule has 0 radical (unpaired) electrons. The van der Waals surface area contributed by atoms with Gasteiger partial charge in [-0.25, -0.2) is 4.98 Å². The van der Waals surface area contributed by atoms with Gasteiger partial charge >= 0.3 is 6.36 Å². The Bertz CT molecular complexity index is 1110. The second kappa shape index (κ2) is 9.48. The van der Waals surface area contributed by atoms with Crippen LogP contribution in [0.3, 0.4) is 0 Å². The number of aromatic nitrogens is 2. The zero-order valence-electron chi connectivity index (χ0n) is 18.0. The minimum absolute atomic E-state index is 0.336. The van der Waals surface area contributed by atoms with E-state index < -0.39 is 12.3 Å². The largest absolute Gasteiger partial charge is 0.573 e. The van der Waals surface area contributed by atoms with Crippen LogP contribution >= 0.6 is 0 Å². The number of nitrogens with one attached hydrogen (secondary N) is 1. The van der Waals surface area contributed by atoms with E-state index in [-0.39, 0.29) is 5.75 Å². The molecule has 0 saturated carbocycles. The maximum atomic E-state index is 12.9. The molecule has 1 aliphatic heterocycles. The van der Waals surface area contributed by atoms with Crippen molar-refractivity contribution < 1.29 is 22.7 Å². The summed E-state index contributed by atoms with van der Waals surface area (Å²) < 4.78 is 40.8. The van der Waals surface area contributed by atoms with Gasteiger partial charge in [-0.3, -0.25) is 9.78 Å². The molecular formula is C24H23F3N4O2. The van der Waals surface area contributed by atoms with Crippen LogP contribution in [0.2, 0.25) is 0 Å². The topological polar surface area (TPSA) is 67.3 Å². The Kier molecular flexibility index (Phi) is 6.48. The fourth-order valence-corrected chi connectivity index (χ4v) is 3.71. The number of benzene rings is 1. The van der Waals surface area contributed by atoms with Gasteiger partial charge in [-0.05, 0) is 55.7 Å². The van der Waals surface area contributed by atoms with Crippen molar-refractivity contribution in [3.63, 3.8) is 0 Å². The highest BCUT2D eigenvalue weighted by atomic mass is 19.4. The molecule has 0 aliphatic carbocycles. The maximum Gasteiger partial charge on any atom is 0.573 e. The minimum atomic E-state index is -4.77. The first-order chi connectivity index (χ1) is 15.8. The van der Waals surface area contributed by atoms with Gasteiger partial charge in [-0.2, -0.15) is 0 Å². The molecule has 0 bridgehead atoms. The summed E-state index contributed by atoms with van der Waals surface area (Å²) in [5, 5.41) is 2.69. The van der Waals surface area contributed by atoms with E-state index in [0.717, 1.165) is 67.1 Å². The van der Waals surface area contributed by atoms with E-state index in [2.05, 4.69) is 24.9 Å². The Morgan fingerprint density at radius 3 is 2.39 bits per heavy atom. The highest BCUT2D eigenvalue weighted by Crippen LogP contribution is 2.32. The Balaban J connectivity index is 1.58. The number of hydrogen-bond donors (Lipinski definition) is 1. The molecule has 172 valence electrons. The number of pyridine rings is 2. The molecule has 1 amide bonds. The number of nitrogens with zero attached hydrogens (tertiary/aromatic N) is 3. The Morgan fingerprint density at radius 2 is 1.79 bits per heavy atom. The van der Waals surface area contributed by atoms with Crippen molar-refractivity contribution in [1.29, 1.82) is 0 Å². The SMILES string of the molecule is CCc1ccc(-c2cc(C(=O)Nc3ccc(OC(F)(F)F)cc3)cnc2N2CCCC2)cn1. The van der Waals surface area contributed by atoms with Gasteiger partial charge < -0.3 is 15.0 Å². The third-order valence-corrected chi connectivity index (χ3v) is 5.38. The molecule has 9 heteroatoms. The van der Waals surface area contributed by atoms with Gasteiger partial charge in [0, 0.05) is 48.0 Å². The molecule has 1 saturated heterocycles. The Hall–Kier alpha value is -3.62. The lowest BCUT2D eigenvalue weighted by atomic mass is 10.0. The fourth-order valence-electron chi connectivity index (χ4n) is 3.71. The van der Waals surface area contributed by atoms with Crippen molar-refractivity contribution >= 4 is 17.4 Å². The molecule has 4 rings (SSSR count). The van der Waals surface area contributed by atoms with Crippen molar-refractivity contribution in [2.24, 2.45) is 0 Å². The lowest BCUT2D eigenvalue weighted by Crippen LogP contribution is -2.21. The summed E-state index contributed by atoms with van der Waals surface area (Å²) in [5.41, 5.74) is 3.33. The highest BCUT2D eigenvalue weighted by Gasteiger charge is 2.31. The molecule has 1 aliphatic rings. The van der Waals surface area contributed by atoms with Crippen molar-refractivity contribution in [3.05, 3.63) is 66.1 Å². The number of carbonyl (C=O) groups excluding carboxylic acids is 1. The lowest BCUT2D eigenvalue weighted by Gasteiger charge is -2.21. The number of hydrogen-bond acceptors (Lipinski definition) is 5. The number of halogens is 3. The third-order valence-electron chi connectivity index (χ3n) is 5.38. The minimum Gasteiger partial charge on any atom is -0.406 e. The van der Waals surface area contributed by atoms with Crippen LogP contribution in [0.1, 0.15) is 35.8 Å². The fraction of sp³-hybridized carbons (Fsp3) is 0.292. The van der Waals surface area contributed by atoms with Gasteiger partial charge in [-0.15, -0.1) is 13.2 Å². The van der Waals surface area contributed by atoms with Gasteiger partial charge in [0.2, 0.25) is 0 Å². The van der Waals surface area contributed by atoms with Crippen LogP contribution in [0.15, 0.2) is 54.9 Å². The van der Waals surface area contributed by atoms with Crippen molar-refractivity contribution in [1.82, 2.24) is 9.97 Å². The molecule has 3 aromatic rings. The van der Waals surface area contributed by atoms with Crippen LogP contribution < -0.4 is 15.0 Å². The van der Waals surface area contributed by atoms with Gasteiger partial charge in [0.25, 0.3) is 5.91 Å². The third kappa shape index (κ3) is 5.60. The van der Waals surface area contributed by atoms with Gasteiger partial charge in [-0.1, -0.05) is 13.0 Å². The normalized spacial score (nSPS) is 13.8. The summed E-state index contributed by atoms with van der Waals surface area (Å²) in [6, 6.07) is 10.7. The van der Waals surface area contributed by atoms with Crippen LogP contribution in [0.5, 0.6) is 5.75 Å². The average Bonchev–Trinajstić information content (AvgIpc) is 3.34. The second-order valence-corrected chi connectivity index (χ2v) is 7.71. The highest BCUT2D eigenvalue weighted by molar-refractivity contribution is 6.05. The van der Waals surface area contributed by atoms with Crippen molar-refractivity contribution in [3.8, 4) is 16.9 Å². The number of amides is 1. The number of aryl methyl sites for hydroxylation is 1. The summed E-state index contributed by atoms with van der Waals surface area (Å²) in [7, 11) is 0. The van der Waals surface area contributed by atoms with Crippen LogP contribution in [-0.4, -0.2) is 35.3 Å². The van der Waals surface area contributed by atoms with E-state index >= 15 is 0 Å². The van der Waals surface area contributed by atoms with Crippen LogP contribution in [0, 0.1) is 0 Å². The molecule has 0 unspecified atom stereocenters.